The summed E-state index contributed by atoms with van der Waals surface area (Å²) < 4.78 is 8.35. The SMILES string of the molecule is C=CC(=O)N1CCN(c2nc(OCCN(C(C)C)C(C)C)nc3c2cc(-c2cccc4ccccc24)n3C)CC1. The first-order valence-electron chi connectivity index (χ1n) is 14.2. The average molecular weight is 541 g/mol. The van der Waals surface area contributed by atoms with E-state index < -0.39 is 0 Å². The summed E-state index contributed by atoms with van der Waals surface area (Å²) in [6.45, 7) is 16.4. The number of aromatic nitrogens is 3. The van der Waals surface area contributed by atoms with Gasteiger partial charge in [-0.25, -0.2) is 0 Å². The minimum Gasteiger partial charge on any atom is -0.462 e. The molecule has 40 heavy (non-hydrogen) atoms. The van der Waals surface area contributed by atoms with Crippen molar-refractivity contribution in [2.24, 2.45) is 7.05 Å². The van der Waals surface area contributed by atoms with Gasteiger partial charge < -0.3 is 19.1 Å². The molecule has 1 amide bonds. The molecular formula is C32H40N6O2. The zero-order chi connectivity index (χ0) is 28.4. The van der Waals surface area contributed by atoms with Crippen LogP contribution in [0, 0.1) is 0 Å². The highest BCUT2D eigenvalue weighted by Gasteiger charge is 2.25. The molecule has 2 aromatic carbocycles. The normalized spacial score (nSPS) is 14.2. The zero-order valence-corrected chi connectivity index (χ0v) is 24.3. The lowest BCUT2D eigenvalue weighted by atomic mass is 10.0. The van der Waals surface area contributed by atoms with Crippen molar-refractivity contribution in [1.82, 2.24) is 24.3 Å². The third kappa shape index (κ3) is 5.41. The van der Waals surface area contributed by atoms with E-state index in [4.69, 9.17) is 14.7 Å². The highest BCUT2D eigenvalue weighted by Crippen LogP contribution is 2.36. The number of rotatable bonds is 9. The lowest BCUT2D eigenvalue weighted by Crippen LogP contribution is -2.48. The van der Waals surface area contributed by atoms with Crippen LogP contribution < -0.4 is 9.64 Å². The maximum absolute atomic E-state index is 12.2. The van der Waals surface area contributed by atoms with E-state index in [1.165, 1.54) is 16.8 Å². The summed E-state index contributed by atoms with van der Waals surface area (Å²) in [5.41, 5.74) is 3.06. The Kier molecular flexibility index (Phi) is 8.07. The number of aryl methyl sites for hydroxylation is 1. The van der Waals surface area contributed by atoms with Crippen molar-refractivity contribution in [3.63, 3.8) is 0 Å². The molecule has 0 bridgehead atoms. The van der Waals surface area contributed by atoms with Crippen molar-refractivity contribution in [1.29, 1.82) is 0 Å². The van der Waals surface area contributed by atoms with Crippen LogP contribution in [0.15, 0.2) is 61.2 Å². The van der Waals surface area contributed by atoms with E-state index in [-0.39, 0.29) is 5.91 Å². The van der Waals surface area contributed by atoms with Gasteiger partial charge in [-0.1, -0.05) is 49.0 Å². The first kappa shape index (κ1) is 27.6. The fraction of sp³-hybridized carbons (Fsp3) is 0.406. The van der Waals surface area contributed by atoms with Crippen LogP contribution in [-0.2, 0) is 11.8 Å². The molecule has 0 aliphatic carbocycles. The van der Waals surface area contributed by atoms with Crippen molar-refractivity contribution in [2.45, 2.75) is 39.8 Å². The monoisotopic (exact) mass is 540 g/mol. The third-order valence-corrected chi connectivity index (χ3v) is 7.88. The van der Waals surface area contributed by atoms with E-state index in [0.717, 1.165) is 34.7 Å². The molecule has 0 atom stereocenters. The minimum atomic E-state index is -0.0330. The van der Waals surface area contributed by atoms with Gasteiger partial charge in [0.2, 0.25) is 5.91 Å². The fourth-order valence-corrected chi connectivity index (χ4v) is 5.79. The number of ether oxygens (including phenoxy) is 1. The summed E-state index contributed by atoms with van der Waals surface area (Å²) >= 11 is 0. The largest absolute Gasteiger partial charge is 0.462 e. The molecule has 0 spiro atoms. The molecule has 0 N–H and O–H groups in total. The number of benzene rings is 2. The number of hydrogen-bond donors (Lipinski definition) is 0. The van der Waals surface area contributed by atoms with Gasteiger partial charge in [0.15, 0.2) is 0 Å². The second kappa shape index (κ2) is 11.7. The van der Waals surface area contributed by atoms with Crippen LogP contribution in [0.5, 0.6) is 6.01 Å². The van der Waals surface area contributed by atoms with Crippen LogP contribution in [0.4, 0.5) is 5.82 Å². The van der Waals surface area contributed by atoms with Gasteiger partial charge in [0, 0.05) is 57.4 Å². The van der Waals surface area contributed by atoms with Crippen molar-refractivity contribution in [3.8, 4) is 17.3 Å². The van der Waals surface area contributed by atoms with E-state index in [1.54, 1.807) is 0 Å². The van der Waals surface area contributed by atoms with Crippen LogP contribution in [-0.4, -0.2) is 81.7 Å². The molecule has 1 aliphatic rings. The van der Waals surface area contributed by atoms with Crippen molar-refractivity contribution < 1.29 is 9.53 Å². The summed E-state index contributed by atoms with van der Waals surface area (Å²) in [6, 6.07) is 18.3. The number of fused-ring (bicyclic) bond motifs is 2. The molecular weight excluding hydrogens is 500 g/mol. The molecule has 0 saturated carbocycles. The topological polar surface area (TPSA) is 66.7 Å². The zero-order valence-electron chi connectivity index (χ0n) is 24.3. The Labute approximate surface area is 236 Å². The smallest absolute Gasteiger partial charge is 0.320 e. The lowest BCUT2D eigenvalue weighted by Gasteiger charge is -2.35. The van der Waals surface area contributed by atoms with E-state index in [0.29, 0.717) is 50.9 Å². The van der Waals surface area contributed by atoms with Gasteiger partial charge in [0.05, 0.1) is 11.1 Å². The second-order valence-corrected chi connectivity index (χ2v) is 11.0. The predicted molar refractivity (Wildman–Crippen MR) is 163 cm³/mol. The molecule has 0 unspecified atom stereocenters. The molecule has 1 saturated heterocycles. The number of carbonyl (C=O) groups excluding carboxylic acids is 1. The van der Waals surface area contributed by atoms with Crippen molar-refractivity contribution >= 4 is 33.5 Å². The second-order valence-electron chi connectivity index (χ2n) is 11.0. The molecule has 2 aromatic heterocycles. The average Bonchev–Trinajstić information content (AvgIpc) is 3.29. The Morgan fingerprint density at radius 3 is 2.40 bits per heavy atom. The molecule has 5 rings (SSSR count). The molecule has 1 fully saturated rings. The van der Waals surface area contributed by atoms with Gasteiger partial charge in [-0.15, -0.1) is 0 Å². The van der Waals surface area contributed by atoms with E-state index >= 15 is 0 Å². The molecule has 8 heteroatoms. The Morgan fingerprint density at radius 1 is 1.00 bits per heavy atom. The molecule has 1 aliphatic heterocycles. The highest BCUT2D eigenvalue weighted by molar-refractivity contribution is 6.00. The van der Waals surface area contributed by atoms with Gasteiger partial charge in [0.1, 0.15) is 18.1 Å². The Morgan fingerprint density at radius 2 is 1.70 bits per heavy atom. The Bertz CT molecular complexity index is 1500. The van der Waals surface area contributed by atoms with Crippen LogP contribution >= 0.6 is 0 Å². The summed E-state index contributed by atoms with van der Waals surface area (Å²) in [4.78, 5) is 28.5. The van der Waals surface area contributed by atoms with Gasteiger partial charge in [0.25, 0.3) is 0 Å². The standard InChI is InChI=1S/C32H40N6O2/c1-7-29(39)36-15-17-37(18-16-36)31-27-21-28(26-14-10-12-24-11-8-9-13-25(24)26)35(6)30(27)33-32(34-31)40-20-19-38(22(2)3)23(4)5/h7-14,21-23H,1,15-20H2,2-6H3. The maximum atomic E-state index is 12.2. The molecule has 8 nitrogen and oxygen atoms in total. The summed E-state index contributed by atoms with van der Waals surface area (Å²) in [5.74, 6) is 0.812. The highest BCUT2D eigenvalue weighted by atomic mass is 16.5. The molecule has 210 valence electrons. The van der Waals surface area contributed by atoms with Crippen LogP contribution in [0.2, 0.25) is 0 Å². The molecule has 0 radical (unpaired) electrons. The fourth-order valence-electron chi connectivity index (χ4n) is 5.79. The maximum Gasteiger partial charge on any atom is 0.320 e. The van der Waals surface area contributed by atoms with Gasteiger partial charge in [-0.2, -0.15) is 9.97 Å². The van der Waals surface area contributed by atoms with E-state index in [2.05, 4.69) is 104 Å². The van der Waals surface area contributed by atoms with Crippen LogP contribution in [0.3, 0.4) is 0 Å². The summed E-state index contributed by atoms with van der Waals surface area (Å²) in [5, 5.41) is 3.37. The first-order valence-corrected chi connectivity index (χ1v) is 14.2. The predicted octanol–water partition coefficient (Wildman–Crippen LogP) is 5.12. The Hall–Kier alpha value is -3.91. The number of anilines is 1. The summed E-state index contributed by atoms with van der Waals surface area (Å²) in [7, 11) is 2.06. The van der Waals surface area contributed by atoms with Crippen LogP contribution in [0.25, 0.3) is 33.1 Å². The first-order chi connectivity index (χ1) is 19.3. The number of carbonyl (C=O) groups is 1. The molecule has 4 aromatic rings. The number of nitrogens with zero attached hydrogens (tertiary/aromatic N) is 6. The van der Waals surface area contributed by atoms with E-state index in [9.17, 15) is 4.79 Å². The Balaban J connectivity index is 1.54. The minimum absolute atomic E-state index is 0.0330. The number of piperazine rings is 1. The lowest BCUT2D eigenvalue weighted by molar-refractivity contribution is -0.126. The van der Waals surface area contributed by atoms with Crippen molar-refractivity contribution in [3.05, 3.63) is 61.2 Å². The third-order valence-electron chi connectivity index (χ3n) is 7.88. The van der Waals surface area contributed by atoms with Gasteiger partial charge in [-0.05, 0) is 50.6 Å². The quantitative estimate of drug-likeness (QED) is 0.275. The molecule has 3 heterocycles. The van der Waals surface area contributed by atoms with Gasteiger partial charge >= 0.3 is 6.01 Å². The van der Waals surface area contributed by atoms with Crippen molar-refractivity contribution in [2.75, 3.05) is 44.2 Å². The van der Waals surface area contributed by atoms with E-state index in [1.807, 2.05) is 4.90 Å². The van der Waals surface area contributed by atoms with Crippen LogP contribution in [0.1, 0.15) is 27.7 Å². The van der Waals surface area contributed by atoms with Gasteiger partial charge in [-0.3, -0.25) is 9.69 Å². The summed E-state index contributed by atoms with van der Waals surface area (Å²) in [6.07, 6.45) is 1.38. The number of amides is 1. The number of hydrogen-bond acceptors (Lipinski definition) is 6.